The molecule has 1 rings (SSSR count). The zero-order chi connectivity index (χ0) is 12.9. The van der Waals surface area contributed by atoms with Gasteiger partial charge in [-0.1, -0.05) is 22.9 Å². The van der Waals surface area contributed by atoms with Gasteiger partial charge in [0, 0.05) is 13.0 Å². The summed E-state index contributed by atoms with van der Waals surface area (Å²) < 4.78 is 26.6. The van der Waals surface area contributed by atoms with Crippen molar-refractivity contribution in [2.24, 2.45) is 0 Å². The Kier molecular flexibility index (Phi) is 5.40. The van der Waals surface area contributed by atoms with Gasteiger partial charge in [-0.05, 0) is 19.8 Å². The van der Waals surface area contributed by atoms with Crippen molar-refractivity contribution in [3.8, 4) is 12.3 Å². The number of thiazole rings is 1. The molecule has 0 atom stereocenters. The lowest BCUT2D eigenvalue weighted by Crippen LogP contribution is -2.24. The average Bonchev–Trinajstić information content (AvgIpc) is 2.58. The normalized spacial score (nSPS) is 11.4. The molecule has 1 aromatic rings. The maximum atomic E-state index is 11.9. The van der Waals surface area contributed by atoms with Crippen LogP contribution in [0.3, 0.4) is 0 Å². The molecule has 0 amide bonds. The van der Waals surface area contributed by atoms with Gasteiger partial charge in [-0.15, -0.1) is 12.3 Å². The van der Waals surface area contributed by atoms with Crippen molar-refractivity contribution in [1.29, 1.82) is 0 Å². The van der Waals surface area contributed by atoms with E-state index in [1.807, 2.05) is 0 Å². The minimum absolute atomic E-state index is 0.180. The second-order valence-electron chi connectivity index (χ2n) is 3.40. The maximum Gasteiger partial charge on any atom is 0.251 e. The smallest absolute Gasteiger partial charge is 0.229 e. The van der Waals surface area contributed by atoms with E-state index in [-0.39, 0.29) is 8.68 Å². The summed E-state index contributed by atoms with van der Waals surface area (Å²) in [7, 11) is -3.49. The molecule has 0 spiro atoms. The fourth-order valence-electron chi connectivity index (χ4n) is 1.22. The lowest BCUT2D eigenvalue weighted by Gasteiger charge is -2.04. The van der Waals surface area contributed by atoms with Gasteiger partial charge in [0.05, 0.1) is 5.69 Å². The Morgan fingerprint density at radius 3 is 2.76 bits per heavy atom. The van der Waals surface area contributed by atoms with Crippen LogP contribution in [-0.2, 0) is 10.0 Å². The Labute approximate surface area is 110 Å². The lowest BCUT2D eigenvalue weighted by molar-refractivity contribution is 0.578. The summed E-state index contributed by atoms with van der Waals surface area (Å²) in [6.45, 7) is 1.99. The molecule has 1 heterocycles. The van der Waals surface area contributed by atoms with Gasteiger partial charge in [-0.25, -0.2) is 18.1 Å². The predicted molar refractivity (Wildman–Crippen MR) is 69.7 cm³/mol. The highest BCUT2D eigenvalue weighted by Crippen LogP contribution is 2.26. The van der Waals surface area contributed by atoms with Crippen LogP contribution in [0.25, 0.3) is 0 Å². The molecule has 0 fully saturated rings. The monoisotopic (exact) mass is 292 g/mol. The van der Waals surface area contributed by atoms with Crippen LogP contribution < -0.4 is 4.72 Å². The summed E-state index contributed by atoms with van der Waals surface area (Å²) in [5.41, 5.74) is 0.427. The van der Waals surface area contributed by atoms with Gasteiger partial charge >= 0.3 is 0 Å². The molecule has 0 aliphatic heterocycles. The summed E-state index contributed by atoms with van der Waals surface area (Å²) in [6.07, 6.45) is 7.28. The fourth-order valence-corrected chi connectivity index (χ4v) is 4.08. The summed E-state index contributed by atoms with van der Waals surface area (Å²) in [5, 5.41) is 0. The number of halogens is 1. The average molecular weight is 293 g/mol. The predicted octanol–water partition coefficient (Wildman–Crippen LogP) is 2.19. The largest absolute Gasteiger partial charge is 0.251 e. The van der Waals surface area contributed by atoms with E-state index in [9.17, 15) is 8.42 Å². The minimum atomic E-state index is -3.49. The van der Waals surface area contributed by atoms with Crippen LogP contribution in [0.1, 0.15) is 25.0 Å². The third-order valence-corrected chi connectivity index (χ3v) is 5.34. The van der Waals surface area contributed by atoms with E-state index in [1.165, 1.54) is 0 Å². The third-order valence-electron chi connectivity index (χ3n) is 2.01. The van der Waals surface area contributed by atoms with Crippen LogP contribution in [0.2, 0.25) is 4.47 Å². The topological polar surface area (TPSA) is 59.1 Å². The number of aromatic nitrogens is 1. The van der Waals surface area contributed by atoms with E-state index < -0.39 is 10.0 Å². The Morgan fingerprint density at radius 2 is 2.24 bits per heavy atom. The third kappa shape index (κ3) is 4.28. The van der Waals surface area contributed by atoms with Crippen LogP contribution >= 0.6 is 22.9 Å². The van der Waals surface area contributed by atoms with Gasteiger partial charge in [0.25, 0.3) is 10.0 Å². The zero-order valence-corrected chi connectivity index (χ0v) is 11.8. The Balaban J connectivity index is 2.58. The molecule has 0 bridgehead atoms. The Hall–Kier alpha value is -0.610. The van der Waals surface area contributed by atoms with Gasteiger partial charge in [0.2, 0.25) is 0 Å². The highest BCUT2D eigenvalue weighted by Gasteiger charge is 2.20. The molecule has 0 aliphatic carbocycles. The number of hydrogen-bond acceptors (Lipinski definition) is 4. The highest BCUT2D eigenvalue weighted by atomic mass is 35.5. The highest BCUT2D eigenvalue weighted by molar-refractivity contribution is 7.91. The van der Waals surface area contributed by atoms with Gasteiger partial charge in [0.1, 0.15) is 0 Å². The zero-order valence-electron chi connectivity index (χ0n) is 9.36. The summed E-state index contributed by atoms with van der Waals surface area (Å²) in [4.78, 5) is 3.87. The van der Waals surface area contributed by atoms with Crippen molar-refractivity contribution in [3.63, 3.8) is 0 Å². The van der Waals surface area contributed by atoms with E-state index in [0.717, 1.165) is 24.2 Å². The van der Waals surface area contributed by atoms with E-state index in [4.69, 9.17) is 18.0 Å². The minimum Gasteiger partial charge on any atom is -0.229 e. The molecular weight excluding hydrogens is 280 g/mol. The number of sulfonamides is 1. The molecule has 0 saturated carbocycles. The molecule has 0 aliphatic rings. The van der Waals surface area contributed by atoms with Gasteiger partial charge in [-0.2, -0.15) is 0 Å². The second-order valence-corrected chi connectivity index (χ2v) is 6.94. The number of terminal acetylenes is 1. The summed E-state index contributed by atoms with van der Waals surface area (Å²) in [5.74, 6) is 2.51. The molecule has 94 valence electrons. The number of nitrogens with zero attached hydrogens (tertiary/aromatic N) is 1. The van der Waals surface area contributed by atoms with E-state index in [1.54, 1.807) is 6.92 Å². The van der Waals surface area contributed by atoms with Gasteiger partial charge in [0.15, 0.2) is 8.68 Å². The molecule has 1 N–H and O–H groups in total. The fraction of sp³-hybridized carbons (Fsp3) is 0.500. The second kappa shape index (κ2) is 6.36. The number of unbranched alkanes of at least 4 members (excludes halogenated alkanes) is 2. The van der Waals surface area contributed by atoms with Crippen molar-refractivity contribution in [1.82, 2.24) is 9.71 Å². The van der Waals surface area contributed by atoms with Crippen molar-refractivity contribution in [3.05, 3.63) is 10.2 Å². The number of hydrogen-bond donors (Lipinski definition) is 1. The van der Waals surface area contributed by atoms with Gasteiger partial charge in [-0.3, -0.25) is 0 Å². The summed E-state index contributed by atoms with van der Waals surface area (Å²) >= 11 is 6.63. The molecule has 0 radical (unpaired) electrons. The Bertz CT molecular complexity index is 517. The van der Waals surface area contributed by atoms with Crippen molar-refractivity contribution in [2.75, 3.05) is 6.54 Å². The molecule has 4 nitrogen and oxygen atoms in total. The Morgan fingerprint density at radius 1 is 1.53 bits per heavy atom. The van der Waals surface area contributed by atoms with Crippen LogP contribution in [0.15, 0.2) is 4.21 Å². The molecule has 1 aromatic heterocycles. The summed E-state index contributed by atoms with van der Waals surface area (Å²) in [6, 6.07) is 0. The quantitative estimate of drug-likeness (QED) is 0.646. The number of rotatable bonds is 6. The van der Waals surface area contributed by atoms with Crippen molar-refractivity contribution >= 4 is 33.0 Å². The molecule has 7 heteroatoms. The molecule has 0 aromatic carbocycles. The van der Waals surface area contributed by atoms with Crippen LogP contribution in [0.5, 0.6) is 0 Å². The van der Waals surface area contributed by atoms with Crippen molar-refractivity contribution in [2.45, 2.75) is 30.4 Å². The van der Waals surface area contributed by atoms with E-state index >= 15 is 0 Å². The first-order valence-corrected chi connectivity index (χ1v) is 7.71. The van der Waals surface area contributed by atoms with Crippen LogP contribution in [0, 0.1) is 19.3 Å². The van der Waals surface area contributed by atoms with Crippen LogP contribution in [0.4, 0.5) is 0 Å². The standard InChI is InChI=1S/C10H13ClN2O2S2/c1-3-4-5-6-7-12-17(14,15)9-8(2)13-10(11)16-9/h1,12H,4-7H2,2H3. The maximum absolute atomic E-state index is 11.9. The number of nitrogens with one attached hydrogen (secondary N) is 1. The molecule has 0 saturated heterocycles. The van der Waals surface area contributed by atoms with E-state index in [0.29, 0.717) is 18.7 Å². The lowest BCUT2D eigenvalue weighted by atomic mass is 10.2. The molecule has 0 unspecified atom stereocenters. The van der Waals surface area contributed by atoms with Crippen LogP contribution in [-0.4, -0.2) is 19.9 Å². The first-order chi connectivity index (χ1) is 7.97. The first-order valence-electron chi connectivity index (χ1n) is 5.03. The van der Waals surface area contributed by atoms with Crippen molar-refractivity contribution < 1.29 is 8.42 Å². The van der Waals surface area contributed by atoms with E-state index in [2.05, 4.69) is 15.6 Å². The first kappa shape index (κ1) is 14.5. The molecule has 17 heavy (non-hydrogen) atoms. The number of aryl methyl sites for hydroxylation is 1. The molecular formula is C10H13ClN2O2S2. The SMILES string of the molecule is C#CCCCCNS(=O)(=O)c1sc(Cl)nc1C. The van der Waals surface area contributed by atoms with Gasteiger partial charge < -0.3 is 0 Å².